The average Bonchev–Trinajstić information content (AvgIpc) is 3.20. The van der Waals surface area contributed by atoms with Crippen LogP contribution in [0.3, 0.4) is 0 Å². The van der Waals surface area contributed by atoms with Crippen molar-refractivity contribution in [3.8, 4) is 0 Å². The number of benzene rings is 1. The van der Waals surface area contributed by atoms with Crippen molar-refractivity contribution in [2.24, 2.45) is 0 Å². The van der Waals surface area contributed by atoms with Gasteiger partial charge in [-0.1, -0.05) is 25.0 Å². The maximum atomic E-state index is 12.2. The van der Waals surface area contributed by atoms with E-state index in [-0.39, 0.29) is 5.91 Å². The molecule has 3 nitrogen and oxygen atoms in total. The molecule has 1 atom stereocenters. The Kier molecular flexibility index (Phi) is 5.79. The first kappa shape index (κ1) is 15.9. The number of amides is 1. The number of carbonyl (C=O) groups excluding carboxylic acids is 1. The largest absolute Gasteiger partial charge is 0.325 e. The zero-order valence-corrected chi connectivity index (χ0v) is 14.0. The molecule has 2 aliphatic rings. The number of nitrogens with one attached hydrogen (secondary N) is 2. The highest BCUT2D eigenvalue weighted by Crippen LogP contribution is 2.38. The molecule has 3 rings (SSSR count). The fourth-order valence-corrected chi connectivity index (χ4v) is 4.71. The van der Waals surface area contributed by atoms with E-state index < -0.39 is 0 Å². The minimum atomic E-state index is 0.146. The Labute approximate surface area is 137 Å². The Hall–Kier alpha value is -1.00. The number of carbonyl (C=O) groups is 1. The first-order chi connectivity index (χ1) is 10.8. The summed E-state index contributed by atoms with van der Waals surface area (Å²) in [6.07, 6.45) is 9.32. The van der Waals surface area contributed by atoms with Gasteiger partial charge in [-0.15, -0.1) is 11.8 Å². The Morgan fingerprint density at radius 2 is 2.00 bits per heavy atom. The second-order valence-corrected chi connectivity index (χ2v) is 7.74. The van der Waals surface area contributed by atoms with Gasteiger partial charge < -0.3 is 10.6 Å². The van der Waals surface area contributed by atoms with E-state index in [0.29, 0.717) is 12.5 Å². The molecule has 1 amide bonds. The molecule has 1 aromatic rings. The predicted octanol–water partition coefficient (Wildman–Crippen LogP) is 4.19. The van der Waals surface area contributed by atoms with Gasteiger partial charge in [-0.05, 0) is 50.8 Å². The molecule has 1 aliphatic carbocycles. The summed E-state index contributed by atoms with van der Waals surface area (Å²) >= 11 is 1.94. The van der Waals surface area contributed by atoms with Gasteiger partial charge in [0.05, 0.1) is 5.69 Å². The van der Waals surface area contributed by atoms with E-state index in [4.69, 9.17) is 0 Å². The van der Waals surface area contributed by atoms with Crippen molar-refractivity contribution in [2.75, 3.05) is 11.9 Å². The number of rotatable bonds is 6. The lowest BCUT2D eigenvalue weighted by Gasteiger charge is -2.15. The van der Waals surface area contributed by atoms with Crippen LogP contribution in [-0.2, 0) is 4.79 Å². The molecule has 2 N–H and O–H groups in total. The van der Waals surface area contributed by atoms with Crippen LogP contribution in [0, 0.1) is 0 Å². The second-order valence-electron chi connectivity index (χ2n) is 6.40. The third-order valence-corrected chi connectivity index (χ3v) is 6.05. The standard InChI is InChI=1S/C18H26N2OS/c21-18(12-11-14-6-5-13-19-14)20-16-9-3-4-10-17(16)22-15-7-1-2-8-15/h3-4,9-10,14-15,19H,1-2,5-8,11-13H2,(H,20,21). The fourth-order valence-electron chi connectivity index (χ4n) is 3.38. The first-order valence-electron chi connectivity index (χ1n) is 8.60. The van der Waals surface area contributed by atoms with Gasteiger partial charge in [0.2, 0.25) is 5.91 Å². The molecule has 22 heavy (non-hydrogen) atoms. The Bertz CT molecular complexity index is 494. The van der Waals surface area contributed by atoms with Gasteiger partial charge in [-0.2, -0.15) is 0 Å². The molecule has 1 heterocycles. The van der Waals surface area contributed by atoms with Crippen LogP contribution in [-0.4, -0.2) is 23.7 Å². The summed E-state index contributed by atoms with van der Waals surface area (Å²) in [6, 6.07) is 8.77. The van der Waals surface area contributed by atoms with Gasteiger partial charge in [-0.25, -0.2) is 0 Å². The molecule has 2 fully saturated rings. The van der Waals surface area contributed by atoms with Crippen LogP contribution in [0.5, 0.6) is 0 Å². The van der Waals surface area contributed by atoms with Crippen LogP contribution in [0.1, 0.15) is 51.4 Å². The average molecular weight is 318 g/mol. The van der Waals surface area contributed by atoms with Gasteiger partial charge in [0.15, 0.2) is 0 Å². The van der Waals surface area contributed by atoms with E-state index in [2.05, 4.69) is 22.8 Å². The van der Waals surface area contributed by atoms with Crippen molar-refractivity contribution in [1.82, 2.24) is 5.32 Å². The third-order valence-electron chi connectivity index (χ3n) is 4.64. The summed E-state index contributed by atoms with van der Waals surface area (Å²) in [5.41, 5.74) is 0.990. The van der Waals surface area contributed by atoms with Crippen LogP contribution in [0.25, 0.3) is 0 Å². The van der Waals surface area contributed by atoms with E-state index in [9.17, 15) is 4.79 Å². The van der Waals surface area contributed by atoms with E-state index in [0.717, 1.165) is 23.9 Å². The van der Waals surface area contributed by atoms with Gasteiger partial charge >= 0.3 is 0 Å². The molecule has 0 radical (unpaired) electrons. The van der Waals surface area contributed by atoms with Gasteiger partial charge in [0.1, 0.15) is 0 Å². The molecule has 1 saturated carbocycles. The van der Waals surface area contributed by atoms with Crippen molar-refractivity contribution in [3.63, 3.8) is 0 Å². The van der Waals surface area contributed by atoms with E-state index in [1.165, 1.54) is 43.4 Å². The number of hydrogen-bond acceptors (Lipinski definition) is 3. The topological polar surface area (TPSA) is 41.1 Å². The van der Waals surface area contributed by atoms with Crippen LogP contribution < -0.4 is 10.6 Å². The summed E-state index contributed by atoms with van der Waals surface area (Å²) in [5.74, 6) is 0.146. The van der Waals surface area contributed by atoms with Crippen molar-refractivity contribution in [1.29, 1.82) is 0 Å². The lowest BCUT2D eigenvalue weighted by Crippen LogP contribution is -2.23. The van der Waals surface area contributed by atoms with Crippen LogP contribution in [0.2, 0.25) is 0 Å². The Morgan fingerprint density at radius 3 is 2.77 bits per heavy atom. The summed E-state index contributed by atoms with van der Waals surface area (Å²) in [5, 5.41) is 7.30. The highest BCUT2D eigenvalue weighted by atomic mass is 32.2. The zero-order chi connectivity index (χ0) is 15.2. The smallest absolute Gasteiger partial charge is 0.224 e. The summed E-state index contributed by atoms with van der Waals surface area (Å²) in [6.45, 7) is 1.10. The van der Waals surface area contributed by atoms with Gasteiger partial charge in [0.25, 0.3) is 0 Å². The van der Waals surface area contributed by atoms with Crippen LogP contribution in [0.15, 0.2) is 29.2 Å². The zero-order valence-electron chi connectivity index (χ0n) is 13.1. The molecule has 0 aromatic heterocycles. The summed E-state index contributed by atoms with van der Waals surface area (Å²) in [7, 11) is 0. The normalized spacial score (nSPS) is 22.1. The predicted molar refractivity (Wildman–Crippen MR) is 93.4 cm³/mol. The summed E-state index contributed by atoms with van der Waals surface area (Å²) < 4.78 is 0. The molecule has 120 valence electrons. The lowest BCUT2D eigenvalue weighted by atomic mass is 10.1. The number of anilines is 1. The quantitative estimate of drug-likeness (QED) is 0.826. The Morgan fingerprint density at radius 1 is 1.18 bits per heavy atom. The van der Waals surface area contributed by atoms with Crippen molar-refractivity contribution in [2.45, 2.75) is 67.6 Å². The van der Waals surface area contributed by atoms with Crippen LogP contribution in [0.4, 0.5) is 5.69 Å². The lowest BCUT2D eigenvalue weighted by molar-refractivity contribution is -0.116. The van der Waals surface area contributed by atoms with Crippen molar-refractivity contribution >= 4 is 23.4 Å². The number of para-hydroxylation sites is 1. The Balaban J connectivity index is 1.53. The van der Waals surface area contributed by atoms with Gasteiger partial charge in [-0.3, -0.25) is 4.79 Å². The van der Waals surface area contributed by atoms with Crippen molar-refractivity contribution < 1.29 is 4.79 Å². The minimum Gasteiger partial charge on any atom is -0.325 e. The molecule has 0 spiro atoms. The molecular formula is C18H26N2OS. The monoisotopic (exact) mass is 318 g/mol. The minimum absolute atomic E-state index is 0.146. The van der Waals surface area contributed by atoms with E-state index in [1.54, 1.807) is 0 Å². The molecule has 1 aromatic carbocycles. The molecule has 0 bridgehead atoms. The first-order valence-corrected chi connectivity index (χ1v) is 9.48. The fraction of sp³-hybridized carbons (Fsp3) is 0.611. The van der Waals surface area contributed by atoms with Crippen LogP contribution >= 0.6 is 11.8 Å². The molecule has 4 heteroatoms. The molecule has 1 unspecified atom stereocenters. The maximum Gasteiger partial charge on any atom is 0.224 e. The molecule has 1 saturated heterocycles. The number of thioether (sulfide) groups is 1. The SMILES string of the molecule is O=C(CCC1CCCN1)Nc1ccccc1SC1CCCC1. The number of hydrogen-bond donors (Lipinski definition) is 2. The third kappa shape index (κ3) is 4.50. The molecule has 1 aliphatic heterocycles. The second kappa shape index (κ2) is 8.02. The summed E-state index contributed by atoms with van der Waals surface area (Å²) in [4.78, 5) is 13.4. The highest BCUT2D eigenvalue weighted by Gasteiger charge is 2.19. The van der Waals surface area contributed by atoms with E-state index >= 15 is 0 Å². The van der Waals surface area contributed by atoms with Gasteiger partial charge in [0, 0.05) is 22.6 Å². The molecular weight excluding hydrogens is 292 g/mol. The highest BCUT2D eigenvalue weighted by molar-refractivity contribution is 8.00. The maximum absolute atomic E-state index is 12.2. The van der Waals surface area contributed by atoms with E-state index in [1.807, 2.05) is 23.9 Å². The van der Waals surface area contributed by atoms with Crippen molar-refractivity contribution in [3.05, 3.63) is 24.3 Å².